The molecule has 0 saturated carbocycles. The second-order valence-electron chi connectivity index (χ2n) is 17.4. The largest absolute Gasteiger partial charge is 0.327 e. The van der Waals surface area contributed by atoms with Gasteiger partial charge in [0.15, 0.2) is 0 Å². The Morgan fingerprint density at radius 1 is 0.394 bits per heavy atom. The highest BCUT2D eigenvalue weighted by Gasteiger charge is 2.36. The fourth-order valence-corrected chi connectivity index (χ4v) is 4.59. The lowest BCUT2D eigenvalue weighted by molar-refractivity contribution is 0.111. The number of nitrogens with two attached hydrogens (primary N) is 1. The van der Waals surface area contributed by atoms with E-state index in [-0.39, 0.29) is 33.5 Å². The summed E-state index contributed by atoms with van der Waals surface area (Å²) in [6.45, 7) is 46.7. The molecule has 0 spiro atoms. The van der Waals surface area contributed by atoms with Crippen molar-refractivity contribution < 1.29 is 0 Å². The quantitative estimate of drug-likeness (QED) is 0.359. The van der Waals surface area contributed by atoms with E-state index in [1.165, 1.54) is 0 Å². The van der Waals surface area contributed by atoms with Crippen molar-refractivity contribution in [2.45, 2.75) is 174 Å². The van der Waals surface area contributed by atoms with Gasteiger partial charge in [-0.3, -0.25) is 0 Å². The first kappa shape index (κ1) is 37.4. The first-order valence-corrected chi connectivity index (χ1v) is 13.0. The van der Waals surface area contributed by atoms with Gasteiger partial charge >= 0.3 is 0 Å². The summed E-state index contributed by atoms with van der Waals surface area (Å²) < 4.78 is 0. The van der Waals surface area contributed by atoms with E-state index in [1.807, 2.05) is 0 Å². The van der Waals surface area contributed by atoms with Crippen molar-refractivity contribution in [3.63, 3.8) is 0 Å². The topological polar surface area (TPSA) is 50.1 Å². The van der Waals surface area contributed by atoms with Crippen LogP contribution in [0.1, 0.15) is 145 Å². The van der Waals surface area contributed by atoms with Gasteiger partial charge in [0.25, 0.3) is 0 Å². The summed E-state index contributed by atoms with van der Waals surface area (Å²) in [5.41, 5.74) is 7.72. The standard InChI is InChI=1S/C13H29N.C9H21N.C8H19N/c1-11(2,3)10(12(4,5)6)14-13(7,8)9;1-8(2,3)7(10)9(4,5)6;1-7(2,3)9-8(4,5)6/h10,14H,1-9H3;7H,10H2,1-6H3;9H,1-6H3. The number of rotatable bonds is 1. The van der Waals surface area contributed by atoms with Crippen LogP contribution in [0.2, 0.25) is 0 Å². The lowest BCUT2D eigenvalue weighted by Crippen LogP contribution is -2.55. The molecule has 0 aliphatic carbocycles. The van der Waals surface area contributed by atoms with Crippen molar-refractivity contribution in [3.8, 4) is 0 Å². The van der Waals surface area contributed by atoms with Crippen molar-refractivity contribution in [2.75, 3.05) is 0 Å². The molecule has 0 aromatic heterocycles. The molecule has 0 aliphatic rings. The fraction of sp³-hybridized carbons (Fsp3) is 1.00. The van der Waals surface area contributed by atoms with Gasteiger partial charge in [-0.15, -0.1) is 0 Å². The van der Waals surface area contributed by atoms with Crippen molar-refractivity contribution in [2.24, 2.45) is 27.4 Å². The van der Waals surface area contributed by atoms with E-state index in [2.05, 4.69) is 156 Å². The van der Waals surface area contributed by atoms with Gasteiger partial charge in [0.1, 0.15) is 0 Å². The average Bonchev–Trinajstić information content (AvgIpc) is 2.36. The van der Waals surface area contributed by atoms with E-state index in [9.17, 15) is 0 Å². The molecule has 0 radical (unpaired) electrons. The SMILES string of the molecule is CC(C)(C)C(N)C(C)(C)C.CC(C)(C)NC(C(C)(C)C)C(C)(C)C.CC(C)(C)NC(C)(C)C. The van der Waals surface area contributed by atoms with E-state index in [4.69, 9.17) is 5.73 Å². The zero-order valence-electron chi connectivity index (χ0n) is 27.2. The molecule has 4 N–H and O–H groups in total. The lowest BCUT2D eigenvalue weighted by Gasteiger charge is -2.45. The molecule has 204 valence electrons. The highest BCUT2D eigenvalue weighted by molar-refractivity contribution is 4.93. The Bertz CT molecular complexity index is 472. The van der Waals surface area contributed by atoms with Crippen LogP contribution in [0.15, 0.2) is 0 Å². The smallest absolute Gasteiger partial charge is 0.0169 e. The first-order valence-electron chi connectivity index (χ1n) is 13.0. The van der Waals surface area contributed by atoms with E-state index in [0.29, 0.717) is 16.9 Å². The second-order valence-corrected chi connectivity index (χ2v) is 17.4. The Balaban J connectivity index is -0.000000423. The summed E-state index contributed by atoms with van der Waals surface area (Å²) >= 11 is 0. The summed E-state index contributed by atoms with van der Waals surface area (Å²) in [6.07, 6.45) is 0. The maximum Gasteiger partial charge on any atom is 0.0169 e. The highest BCUT2D eigenvalue weighted by atomic mass is 15.0. The molecule has 0 bridgehead atoms. The third-order valence-electron chi connectivity index (χ3n) is 4.93. The Morgan fingerprint density at radius 3 is 0.667 bits per heavy atom. The maximum absolute atomic E-state index is 6.03. The summed E-state index contributed by atoms with van der Waals surface area (Å²) in [5, 5.41) is 7.19. The monoisotopic (exact) mass is 472 g/mol. The summed E-state index contributed by atoms with van der Waals surface area (Å²) in [7, 11) is 0. The molecule has 0 aromatic carbocycles. The van der Waals surface area contributed by atoms with Crippen LogP contribution in [-0.2, 0) is 0 Å². The molecule has 0 fully saturated rings. The molecule has 0 heterocycles. The first-order chi connectivity index (χ1) is 13.7. The van der Waals surface area contributed by atoms with Gasteiger partial charge in [0.2, 0.25) is 0 Å². The van der Waals surface area contributed by atoms with Gasteiger partial charge in [-0.1, -0.05) is 83.1 Å². The van der Waals surface area contributed by atoms with Crippen molar-refractivity contribution in [3.05, 3.63) is 0 Å². The summed E-state index contributed by atoms with van der Waals surface area (Å²) in [5.74, 6) is 0. The molecule has 0 unspecified atom stereocenters. The molecule has 0 atom stereocenters. The molecule has 0 amide bonds. The van der Waals surface area contributed by atoms with Crippen LogP contribution in [-0.4, -0.2) is 28.7 Å². The molecule has 3 nitrogen and oxygen atoms in total. The van der Waals surface area contributed by atoms with E-state index in [1.54, 1.807) is 0 Å². The van der Waals surface area contributed by atoms with E-state index >= 15 is 0 Å². The Labute approximate surface area is 212 Å². The molecular weight excluding hydrogens is 402 g/mol. The summed E-state index contributed by atoms with van der Waals surface area (Å²) in [4.78, 5) is 0. The third kappa shape index (κ3) is 23.4. The van der Waals surface area contributed by atoms with Crippen LogP contribution in [0.3, 0.4) is 0 Å². The summed E-state index contributed by atoms with van der Waals surface area (Å²) in [6, 6.07) is 0.787. The minimum absolute atomic E-state index is 0.186. The van der Waals surface area contributed by atoms with Crippen molar-refractivity contribution >= 4 is 0 Å². The van der Waals surface area contributed by atoms with Crippen LogP contribution in [0.4, 0.5) is 0 Å². The van der Waals surface area contributed by atoms with Gasteiger partial charge in [0.05, 0.1) is 0 Å². The van der Waals surface area contributed by atoms with E-state index < -0.39 is 0 Å². The zero-order chi connectivity index (χ0) is 28.1. The van der Waals surface area contributed by atoms with Crippen LogP contribution >= 0.6 is 0 Å². The average molecular weight is 472 g/mol. The Morgan fingerprint density at radius 2 is 0.636 bits per heavy atom. The second kappa shape index (κ2) is 12.2. The van der Waals surface area contributed by atoms with Gasteiger partial charge in [0, 0.05) is 28.7 Å². The van der Waals surface area contributed by atoms with Crippen molar-refractivity contribution in [1.82, 2.24) is 10.6 Å². The molecule has 0 saturated heterocycles. The number of nitrogens with one attached hydrogen (secondary N) is 2. The molecule has 33 heavy (non-hydrogen) atoms. The molecule has 0 aromatic rings. The minimum Gasteiger partial charge on any atom is -0.327 e. The Kier molecular flexibility index (Phi) is 13.9. The zero-order valence-corrected chi connectivity index (χ0v) is 27.2. The lowest BCUT2D eigenvalue weighted by atomic mass is 9.71. The van der Waals surface area contributed by atoms with Crippen LogP contribution in [0, 0.1) is 21.7 Å². The van der Waals surface area contributed by atoms with Gasteiger partial charge < -0.3 is 16.4 Å². The van der Waals surface area contributed by atoms with Gasteiger partial charge in [-0.05, 0) is 84.0 Å². The van der Waals surface area contributed by atoms with Crippen LogP contribution < -0.4 is 16.4 Å². The molecule has 0 rings (SSSR count). The van der Waals surface area contributed by atoms with E-state index in [0.717, 1.165) is 0 Å². The third-order valence-corrected chi connectivity index (χ3v) is 4.93. The Hall–Kier alpha value is -0.120. The number of hydrogen-bond acceptors (Lipinski definition) is 3. The van der Waals surface area contributed by atoms with Crippen molar-refractivity contribution in [1.29, 1.82) is 0 Å². The van der Waals surface area contributed by atoms with Crippen LogP contribution in [0.25, 0.3) is 0 Å². The predicted octanol–water partition coefficient (Wildman–Crippen LogP) is 8.41. The van der Waals surface area contributed by atoms with Gasteiger partial charge in [-0.25, -0.2) is 0 Å². The minimum atomic E-state index is 0.186. The predicted molar refractivity (Wildman–Crippen MR) is 155 cm³/mol. The maximum atomic E-state index is 6.03. The van der Waals surface area contributed by atoms with Gasteiger partial charge in [-0.2, -0.15) is 0 Å². The number of hydrogen-bond donors (Lipinski definition) is 3. The fourth-order valence-electron chi connectivity index (χ4n) is 4.59. The normalized spacial score (nSPS) is 14.5. The van der Waals surface area contributed by atoms with Crippen LogP contribution in [0.5, 0.6) is 0 Å². The molecule has 3 heteroatoms. The molecular formula is C30H69N3. The highest BCUT2D eigenvalue weighted by Crippen LogP contribution is 2.34. The molecule has 0 aliphatic heterocycles.